The minimum atomic E-state index is 0.0357. The Morgan fingerprint density at radius 3 is 2.77 bits per heavy atom. The second-order valence-electron chi connectivity index (χ2n) is 5.99. The monoisotopic (exact) mass is 356 g/mol. The molecule has 112 valence electrons. The van der Waals surface area contributed by atoms with E-state index in [1.165, 1.54) is 5.56 Å². The maximum Gasteiger partial charge on any atom is 0.251 e. The van der Waals surface area contributed by atoms with Crippen LogP contribution in [0.2, 0.25) is 0 Å². The van der Waals surface area contributed by atoms with Gasteiger partial charge in [-0.25, -0.2) is 0 Å². The maximum absolute atomic E-state index is 12.3. The molecule has 0 N–H and O–H groups in total. The van der Waals surface area contributed by atoms with Crippen molar-refractivity contribution in [2.45, 2.75) is 26.3 Å². The molecule has 3 nitrogen and oxygen atoms in total. The lowest BCUT2D eigenvalue weighted by Crippen LogP contribution is -2.23. The van der Waals surface area contributed by atoms with Gasteiger partial charge in [0.25, 0.3) is 5.56 Å². The highest BCUT2D eigenvalue weighted by molar-refractivity contribution is 9.10. The molecule has 0 aliphatic heterocycles. The van der Waals surface area contributed by atoms with Crippen LogP contribution >= 0.6 is 15.9 Å². The third-order valence-electron chi connectivity index (χ3n) is 4.20. The first-order valence-corrected chi connectivity index (χ1v) is 8.20. The summed E-state index contributed by atoms with van der Waals surface area (Å²) >= 11 is 3.47. The van der Waals surface area contributed by atoms with Crippen molar-refractivity contribution < 1.29 is 0 Å². The average molecular weight is 357 g/mol. The summed E-state index contributed by atoms with van der Waals surface area (Å²) in [6.45, 7) is 2.63. The van der Waals surface area contributed by atoms with Crippen molar-refractivity contribution >= 4 is 15.9 Å². The van der Waals surface area contributed by atoms with Gasteiger partial charge in [0.2, 0.25) is 0 Å². The Morgan fingerprint density at radius 2 is 2.14 bits per heavy atom. The fourth-order valence-electron chi connectivity index (χ4n) is 2.86. The molecule has 2 atom stereocenters. The summed E-state index contributed by atoms with van der Waals surface area (Å²) < 4.78 is 2.85. The standard InChI is InChI=1S/C18H17BrN2O/c1-12-5-14(6-13-3-2-4-17(19)7-13)8-18(22)21(12)11-16-9-15(16)10-20/h2-5,7-8,15-16H,6,9,11H2,1H3/t15-,16-/m1/s1. The Morgan fingerprint density at radius 1 is 1.32 bits per heavy atom. The van der Waals surface area contributed by atoms with E-state index in [2.05, 4.69) is 40.2 Å². The van der Waals surface area contributed by atoms with Crippen LogP contribution in [-0.2, 0) is 13.0 Å². The minimum Gasteiger partial charge on any atom is -0.313 e. The summed E-state index contributed by atoms with van der Waals surface area (Å²) in [4.78, 5) is 12.3. The topological polar surface area (TPSA) is 45.8 Å². The highest BCUT2D eigenvalue weighted by Gasteiger charge is 2.37. The summed E-state index contributed by atoms with van der Waals surface area (Å²) in [5, 5.41) is 8.88. The first kappa shape index (κ1) is 15.1. The highest BCUT2D eigenvalue weighted by Crippen LogP contribution is 2.38. The number of hydrogen-bond donors (Lipinski definition) is 0. The zero-order chi connectivity index (χ0) is 15.7. The van der Waals surface area contributed by atoms with Crippen LogP contribution in [0.1, 0.15) is 23.2 Å². The van der Waals surface area contributed by atoms with Crippen molar-refractivity contribution in [2.75, 3.05) is 0 Å². The number of nitriles is 1. The minimum absolute atomic E-state index is 0.0357. The second-order valence-corrected chi connectivity index (χ2v) is 6.91. The number of hydrogen-bond acceptors (Lipinski definition) is 2. The zero-order valence-corrected chi connectivity index (χ0v) is 14.0. The molecule has 4 heteroatoms. The van der Waals surface area contributed by atoms with E-state index in [9.17, 15) is 4.79 Å². The predicted octanol–water partition coefficient (Wildman–Crippen LogP) is 3.67. The number of halogens is 1. The molecule has 0 saturated heterocycles. The Hall–Kier alpha value is -1.86. The van der Waals surface area contributed by atoms with Crippen LogP contribution in [-0.4, -0.2) is 4.57 Å². The maximum atomic E-state index is 12.3. The first-order valence-electron chi connectivity index (χ1n) is 7.41. The van der Waals surface area contributed by atoms with Crippen molar-refractivity contribution in [1.82, 2.24) is 4.57 Å². The van der Waals surface area contributed by atoms with Gasteiger partial charge >= 0.3 is 0 Å². The van der Waals surface area contributed by atoms with Crippen LogP contribution in [0.3, 0.4) is 0 Å². The van der Waals surface area contributed by atoms with Crippen LogP contribution in [0.4, 0.5) is 0 Å². The molecule has 1 saturated carbocycles. The lowest BCUT2D eigenvalue weighted by molar-refractivity contribution is 0.575. The van der Waals surface area contributed by atoms with Crippen LogP contribution in [0.25, 0.3) is 0 Å². The SMILES string of the molecule is Cc1cc(Cc2cccc(Br)c2)cc(=O)n1C[C@H]1C[C@@H]1C#N. The van der Waals surface area contributed by atoms with E-state index < -0.39 is 0 Å². The molecule has 0 spiro atoms. The number of pyridine rings is 1. The van der Waals surface area contributed by atoms with E-state index in [4.69, 9.17) is 5.26 Å². The molecule has 0 bridgehead atoms. The van der Waals surface area contributed by atoms with E-state index in [1.54, 1.807) is 10.6 Å². The molecule has 1 fully saturated rings. The molecule has 0 unspecified atom stereocenters. The Labute approximate surface area is 138 Å². The Bertz CT molecular complexity index is 803. The van der Waals surface area contributed by atoms with E-state index in [-0.39, 0.29) is 11.5 Å². The van der Waals surface area contributed by atoms with E-state index in [0.717, 1.165) is 28.6 Å². The molecular weight excluding hydrogens is 340 g/mol. The molecule has 2 aromatic rings. The number of nitrogens with zero attached hydrogens (tertiary/aromatic N) is 2. The summed E-state index contributed by atoms with van der Waals surface area (Å²) in [5.74, 6) is 0.477. The van der Waals surface area contributed by atoms with Gasteiger partial charge in [-0.3, -0.25) is 4.79 Å². The molecule has 3 rings (SSSR count). The molecule has 0 amide bonds. The molecular formula is C18H17BrN2O. The smallest absolute Gasteiger partial charge is 0.251 e. The van der Waals surface area contributed by atoms with Crippen LogP contribution in [0.15, 0.2) is 45.7 Å². The number of rotatable bonds is 4. The van der Waals surface area contributed by atoms with Crippen LogP contribution < -0.4 is 5.56 Å². The van der Waals surface area contributed by atoms with Crippen molar-refractivity contribution in [2.24, 2.45) is 11.8 Å². The van der Waals surface area contributed by atoms with Crippen molar-refractivity contribution in [3.63, 3.8) is 0 Å². The molecule has 22 heavy (non-hydrogen) atoms. The van der Waals surface area contributed by atoms with Gasteiger partial charge in [-0.1, -0.05) is 28.1 Å². The Kier molecular flexibility index (Phi) is 4.17. The van der Waals surface area contributed by atoms with Gasteiger partial charge in [-0.15, -0.1) is 0 Å². The lowest BCUT2D eigenvalue weighted by Gasteiger charge is -2.11. The molecule has 1 aromatic heterocycles. The van der Waals surface area contributed by atoms with E-state index >= 15 is 0 Å². The third kappa shape index (κ3) is 3.31. The van der Waals surface area contributed by atoms with Crippen molar-refractivity contribution in [1.29, 1.82) is 5.26 Å². The third-order valence-corrected chi connectivity index (χ3v) is 4.69. The highest BCUT2D eigenvalue weighted by atomic mass is 79.9. The summed E-state index contributed by atoms with van der Waals surface area (Å²) in [6, 6.07) is 14.2. The van der Waals surface area contributed by atoms with E-state index in [0.29, 0.717) is 12.5 Å². The van der Waals surface area contributed by atoms with Gasteiger partial charge < -0.3 is 4.57 Å². The van der Waals surface area contributed by atoms with Gasteiger partial charge in [-0.05, 0) is 55.0 Å². The van der Waals surface area contributed by atoms with Gasteiger partial charge in [0.05, 0.1) is 12.0 Å². The van der Waals surface area contributed by atoms with E-state index in [1.807, 2.05) is 19.1 Å². The molecule has 1 aliphatic carbocycles. The van der Waals surface area contributed by atoms with Gasteiger partial charge in [-0.2, -0.15) is 5.26 Å². The summed E-state index contributed by atoms with van der Waals surface area (Å²) in [5.41, 5.74) is 3.22. The summed E-state index contributed by atoms with van der Waals surface area (Å²) in [6.07, 6.45) is 1.67. The second kappa shape index (κ2) is 6.10. The summed E-state index contributed by atoms with van der Waals surface area (Å²) in [7, 11) is 0. The molecule has 1 aliphatic rings. The average Bonchev–Trinajstić information content (AvgIpc) is 3.21. The van der Waals surface area contributed by atoms with Gasteiger partial charge in [0.1, 0.15) is 0 Å². The molecule has 1 aromatic carbocycles. The number of aromatic nitrogens is 1. The largest absolute Gasteiger partial charge is 0.313 e. The van der Waals surface area contributed by atoms with Gasteiger partial charge in [0.15, 0.2) is 0 Å². The fourth-order valence-corrected chi connectivity index (χ4v) is 3.31. The van der Waals surface area contributed by atoms with Crippen LogP contribution in [0, 0.1) is 30.1 Å². The molecule has 0 radical (unpaired) electrons. The lowest BCUT2D eigenvalue weighted by atomic mass is 10.1. The van der Waals surface area contributed by atoms with Crippen LogP contribution in [0.5, 0.6) is 0 Å². The van der Waals surface area contributed by atoms with Gasteiger partial charge in [0, 0.05) is 22.8 Å². The fraction of sp³-hybridized carbons (Fsp3) is 0.333. The zero-order valence-electron chi connectivity index (χ0n) is 12.4. The number of benzene rings is 1. The normalized spacial score (nSPS) is 19.7. The molecule has 1 heterocycles. The predicted molar refractivity (Wildman–Crippen MR) is 89.6 cm³/mol. The number of aryl methyl sites for hydroxylation is 1. The van der Waals surface area contributed by atoms with Crippen molar-refractivity contribution in [3.05, 3.63) is 68.0 Å². The Balaban J connectivity index is 1.80. The van der Waals surface area contributed by atoms with Crippen molar-refractivity contribution in [3.8, 4) is 6.07 Å². The quantitative estimate of drug-likeness (QED) is 0.838. The first-order chi connectivity index (χ1) is 10.6.